The van der Waals surface area contributed by atoms with Crippen LogP contribution in [0.25, 0.3) is 11.1 Å². The minimum Gasteiger partial charge on any atom is -0.481 e. The number of cyclic esters (lactones) is 1. The maximum absolute atomic E-state index is 13.6. The average Bonchev–Trinajstić information content (AvgIpc) is 3.25. The van der Waals surface area contributed by atoms with Crippen LogP contribution in [0, 0.1) is 0 Å². The Morgan fingerprint density at radius 1 is 1.02 bits per heavy atom. The molecule has 2 aliphatic rings. The smallest absolute Gasteiger partial charge is 0.416 e. The van der Waals surface area contributed by atoms with Gasteiger partial charge in [0.15, 0.2) is 0 Å². The topological polar surface area (TPSA) is 118 Å². The number of amides is 1. The van der Waals surface area contributed by atoms with E-state index in [1.165, 1.54) is 31.3 Å². The van der Waals surface area contributed by atoms with Crippen LogP contribution in [0.5, 0.6) is 5.88 Å². The highest BCUT2D eigenvalue weighted by Gasteiger charge is 2.44. The fourth-order valence-corrected chi connectivity index (χ4v) is 5.20. The Hall–Kier alpha value is -4.70. The van der Waals surface area contributed by atoms with Gasteiger partial charge < -0.3 is 19.5 Å². The summed E-state index contributed by atoms with van der Waals surface area (Å²) in [6.45, 7) is 1.08. The molecule has 2 aromatic heterocycles. The highest BCUT2D eigenvalue weighted by atomic mass is 19.4. The highest BCUT2D eigenvalue weighted by Crippen LogP contribution is 2.42. The summed E-state index contributed by atoms with van der Waals surface area (Å²) in [4.78, 5) is 39.9. The number of carboxylic acid groups (broad SMARTS) is 1. The van der Waals surface area contributed by atoms with Crippen molar-refractivity contribution in [1.82, 2.24) is 19.9 Å². The Morgan fingerprint density at radius 3 is 2.24 bits per heavy atom. The van der Waals surface area contributed by atoms with Crippen LogP contribution in [0.4, 0.5) is 41.5 Å². The molecule has 246 valence electrons. The number of pyridine rings is 1. The number of aryl methyl sites for hydroxylation is 1. The zero-order valence-corrected chi connectivity index (χ0v) is 24.2. The zero-order valence-electron chi connectivity index (χ0n) is 24.2. The predicted octanol–water partition coefficient (Wildman–Crippen LogP) is 5.84. The quantitative estimate of drug-likeness (QED) is 0.283. The Bertz CT molecular complexity index is 1610. The number of rotatable bonds is 9. The molecule has 1 amide bonds. The third-order valence-corrected chi connectivity index (χ3v) is 7.64. The largest absolute Gasteiger partial charge is 0.481 e. The predicted molar refractivity (Wildman–Crippen MR) is 146 cm³/mol. The number of carbonyl (C=O) groups excluding carboxylic acids is 1. The van der Waals surface area contributed by atoms with Gasteiger partial charge in [0, 0.05) is 29.9 Å². The van der Waals surface area contributed by atoms with E-state index in [2.05, 4.69) is 15.0 Å². The Kier molecular flexibility index (Phi) is 8.70. The molecule has 0 radical (unpaired) electrons. The number of aromatic nitrogens is 3. The molecule has 10 nitrogen and oxygen atoms in total. The fourth-order valence-electron chi connectivity index (χ4n) is 5.20. The monoisotopic (exact) mass is 657 g/mol. The van der Waals surface area contributed by atoms with Crippen LogP contribution in [0.15, 0.2) is 36.7 Å². The summed E-state index contributed by atoms with van der Waals surface area (Å²) in [6, 6.07) is 1.55. The van der Waals surface area contributed by atoms with Crippen LogP contribution in [-0.4, -0.2) is 69.4 Å². The van der Waals surface area contributed by atoms with Gasteiger partial charge in [-0.1, -0.05) is 0 Å². The molecule has 46 heavy (non-hydrogen) atoms. The number of aliphatic carboxylic acids is 1. The van der Waals surface area contributed by atoms with Crippen molar-refractivity contribution in [2.24, 2.45) is 0 Å². The number of benzene rings is 1. The highest BCUT2D eigenvalue weighted by molar-refractivity contribution is 5.74. The van der Waals surface area contributed by atoms with Crippen molar-refractivity contribution >= 4 is 18.0 Å². The molecule has 2 fully saturated rings. The summed E-state index contributed by atoms with van der Waals surface area (Å²) in [5, 5.41) is 9.10. The first-order valence-electron chi connectivity index (χ1n) is 13.8. The number of carboxylic acids is 1. The zero-order chi connectivity index (χ0) is 33.6. The molecule has 17 heteroatoms. The summed E-state index contributed by atoms with van der Waals surface area (Å²) >= 11 is 0. The van der Waals surface area contributed by atoms with Gasteiger partial charge in [-0.25, -0.2) is 24.1 Å². The number of hydrogen-bond donors (Lipinski definition) is 1. The van der Waals surface area contributed by atoms with Crippen molar-refractivity contribution in [3.05, 3.63) is 64.6 Å². The summed E-state index contributed by atoms with van der Waals surface area (Å²) in [5.74, 6) is -0.820. The van der Waals surface area contributed by atoms with E-state index in [-0.39, 0.29) is 61.6 Å². The second kappa shape index (κ2) is 12.2. The summed E-state index contributed by atoms with van der Waals surface area (Å²) in [5.41, 5.74) is -2.31. The summed E-state index contributed by atoms with van der Waals surface area (Å²) < 4.78 is 106. The lowest BCUT2D eigenvalue weighted by molar-refractivity contribution is -0.143. The van der Waals surface area contributed by atoms with Crippen molar-refractivity contribution in [3.8, 4) is 17.0 Å². The average molecular weight is 658 g/mol. The lowest BCUT2D eigenvalue weighted by atomic mass is 9.97. The molecular formula is C29H26F7N5O5. The fraction of sp³-hybridized carbons (Fsp3) is 0.414. The number of anilines is 1. The molecule has 0 spiro atoms. The number of methoxy groups -OCH3 is 1. The summed E-state index contributed by atoms with van der Waals surface area (Å²) in [6.07, 6.45) is -11.1. The van der Waals surface area contributed by atoms with Gasteiger partial charge in [0.2, 0.25) is 11.8 Å². The Labute approximate surface area is 256 Å². The molecule has 2 unspecified atom stereocenters. The molecule has 3 aromatic rings. The van der Waals surface area contributed by atoms with Gasteiger partial charge in [-0.2, -0.15) is 26.3 Å². The second-order valence-electron chi connectivity index (χ2n) is 10.8. The van der Waals surface area contributed by atoms with Gasteiger partial charge in [-0.3, -0.25) is 9.69 Å². The molecule has 1 N–H and O–H groups in total. The molecule has 2 aliphatic heterocycles. The molecular weight excluding hydrogens is 631 g/mol. The van der Waals surface area contributed by atoms with Gasteiger partial charge >= 0.3 is 24.4 Å². The molecule has 0 saturated carbocycles. The standard InChI is InChI=1S/C29H26F7N5O5/c1-14-24(16-6-17(28(31,32)33)8-18(7-16)29(34,35)36)46-27(44)41(14)13-22-21(10-38-26(39-22)40-11-19(30)12-40)20-5-15(3-4-23(42)43)9-37-25(20)45-2/h5-10,14,19,24H,3-4,11-13H2,1-2H3,(H,42,43). The molecule has 1 aromatic carbocycles. The molecule has 0 bridgehead atoms. The molecule has 5 rings (SSSR count). The van der Waals surface area contributed by atoms with E-state index in [0.717, 1.165) is 4.90 Å². The van der Waals surface area contributed by atoms with E-state index in [9.17, 15) is 40.3 Å². The van der Waals surface area contributed by atoms with E-state index in [0.29, 0.717) is 23.3 Å². The van der Waals surface area contributed by atoms with E-state index in [1.807, 2.05) is 0 Å². The number of hydrogen-bond acceptors (Lipinski definition) is 8. The minimum atomic E-state index is -5.10. The van der Waals surface area contributed by atoms with E-state index in [1.54, 1.807) is 6.07 Å². The molecule has 0 aliphatic carbocycles. The van der Waals surface area contributed by atoms with Crippen LogP contribution in [0.2, 0.25) is 0 Å². The van der Waals surface area contributed by atoms with Gasteiger partial charge in [-0.15, -0.1) is 0 Å². The van der Waals surface area contributed by atoms with Gasteiger partial charge in [0.25, 0.3) is 0 Å². The number of alkyl halides is 7. The molecule has 4 heterocycles. The van der Waals surface area contributed by atoms with Crippen molar-refractivity contribution in [2.45, 2.75) is 57.0 Å². The SMILES string of the molecule is COc1ncc(CCC(=O)O)cc1-c1cnc(N2CC(F)C2)nc1CN1C(=O)OC(c2cc(C(F)(F)F)cc(C(F)(F)F)c2)C1C. The maximum atomic E-state index is 13.6. The third kappa shape index (κ3) is 6.77. The third-order valence-electron chi connectivity index (χ3n) is 7.64. The summed E-state index contributed by atoms with van der Waals surface area (Å²) in [7, 11) is 1.34. The van der Waals surface area contributed by atoms with E-state index < -0.39 is 59.4 Å². The minimum absolute atomic E-state index is 0.00958. The van der Waals surface area contributed by atoms with Crippen LogP contribution in [-0.2, 0) is 34.8 Å². The van der Waals surface area contributed by atoms with Gasteiger partial charge in [0.05, 0.1) is 49.6 Å². The van der Waals surface area contributed by atoms with Crippen LogP contribution in [0.3, 0.4) is 0 Å². The van der Waals surface area contributed by atoms with Gasteiger partial charge in [0.1, 0.15) is 12.3 Å². The Morgan fingerprint density at radius 2 is 1.67 bits per heavy atom. The molecule has 2 saturated heterocycles. The number of nitrogens with zero attached hydrogens (tertiary/aromatic N) is 5. The number of halogens is 7. The first-order chi connectivity index (χ1) is 21.5. The first kappa shape index (κ1) is 32.7. The number of carbonyl (C=O) groups is 2. The van der Waals surface area contributed by atoms with Crippen LogP contribution in [0.1, 0.15) is 47.4 Å². The van der Waals surface area contributed by atoms with Crippen LogP contribution >= 0.6 is 0 Å². The van der Waals surface area contributed by atoms with Gasteiger partial charge in [-0.05, 0) is 48.7 Å². The molecule has 2 atom stereocenters. The van der Waals surface area contributed by atoms with Crippen molar-refractivity contribution in [2.75, 3.05) is 25.1 Å². The van der Waals surface area contributed by atoms with Crippen molar-refractivity contribution in [1.29, 1.82) is 0 Å². The van der Waals surface area contributed by atoms with Crippen molar-refractivity contribution in [3.63, 3.8) is 0 Å². The van der Waals surface area contributed by atoms with Crippen LogP contribution < -0.4 is 9.64 Å². The second-order valence-corrected chi connectivity index (χ2v) is 10.8. The lowest BCUT2D eigenvalue weighted by Gasteiger charge is -2.34. The normalized spacial score (nSPS) is 18.8. The van der Waals surface area contributed by atoms with E-state index in [4.69, 9.17) is 14.6 Å². The van der Waals surface area contributed by atoms with Crippen molar-refractivity contribution < 1.29 is 54.9 Å². The maximum Gasteiger partial charge on any atom is 0.416 e. The Balaban J connectivity index is 1.53. The first-order valence-corrected chi connectivity index (χ1v) is 13.8. The lowest BCUT2D eigenvalue weighted by Crippen LogP contribution is -2.49. The number of ether oxygens (including phenoxy) is 2. The van der Waals surface area contributed by atoms with E-state index >= 15 is 0 Å².